The standard InChI is InChI=1S/C15H22N6/c1-12-10-14(18-11-13-6-4-5-7-16-13)20-15(19-12)17-8-9-21(2)3/h4-7,10H,8-9,11H2,1-3H3,(H2,17,18,19,20). The van der Waals surface area contributed by atoms with Crippen LogP contribution in [0.4, 0.5) is 11.8 Å². The molecule has 0 aromatic carbocycles. The summed E-state index contributed by atoms with van der Waals surface area (Å²) in [5.74, 6) is 1.46. The monoisotopic (exact) mass is 286 g/mol. The van der Waals surface area contributed by atoms with Crippen LogP contribution in [0.1, 0.15) is 11.4 Å². The van der Waals surface area contributed by atoms with Gasteiger partial charge in [0.15, 0.2) is 0 Å². The molecule has 2 aromatic rings. The van der Waals surface area contributed by atoms with Crippen LogP contribution in [0.2, 0.25) is 0 Å². The highest BCUT2D eigenvalue weighted by molar-refractivity contribution is 5.42. The first-order chi connectivity index (χ1) is 10.1. The lowest BCUT2D eigenvalue weighted by Gasteiger charge is -2.12. The summed E-state index contributed by atoms with van der Waals surface area (Å²) >= 11 is 0. The number of aryl methyl sites for hydroxylation is 1. The van der Waals surface area contributed by atoms with Gasteiger partial charge in [-0.15, -0.1) is 0 Å². The van der Waals surface area contributed by atoms with Gasteiger partial charge in [-0.05, 0) is 33.2 Å². The normalized spacial score (nSPS) is 10.7. The molecule has 2 heterocycles. The minimum atomic E-state index is 0.647. The van der Waals surface area contributed by atoms with E-state index < -0.39 is 0 Å². The molecule has 2 aromatic heterocycles. The summed E-state index contributed by atoms with van der Waals surface area (Å²) in [4.78, 5) is 15.2. The third-order valence-corrected chi connectivity index (χ3v) is 2.87. The third-order valence-electron chi connectivity index (χ3n) is 2.87. The summed E-state index contributed by atoms with van der Waals surface area (Å²) in [6.07, 6.45) is 1.79. The van der Waals surface area contributed by atoms with Crippen LogP contribution in [0.5, 0.6) is 0 Å². The van der Waals surface area contributed by atoms with Gasteiger partial charge in [0.05, 0.1) is 12.2 Å². The summed E-state index contributed by atoms with van der Waals surface area (Å²) in [6.45, 7) is 4.36. The Kier molecular flexibility index (Phi) is 5.45. The quantitative estimate of drug-likeness (QED) is 0.808. The number of rotatable bonds is 7. The lowest BCUT2D eigenvalue weighted by molar-refractivity contribution is 0.425. The van der Waals surface area contributed by atoms with E-state index in [0.717, 1.165) is 30.3 Å². The summed E-state index contributed by atoms with van der Waals surface area (Å²) in [5.41, 5.74) is 1.91. The predicted octanol–water partition coefficient (Wildman–Crippen LogP) is 1.77. The highest BCUT2D eigenvalue weighted by Crippen LogP contribution is 2.10. The molecule has 2 rings (SSSR count). The third kappa shape index (κ3) is 5.35. The topological polar surface area (TPSA) is 66.0 Å². The van der Waals surface area contributed by atoms with Crippen LogP contribution in [-0.4, -0.2) is 47.0 Å². The maximum atomic E-state index is 4.47. The minimum Gasteiger partial charge on any atom is -0.364 e. The Morgan fingerprint density at radius 3 is 2.71 bits per heavy atom. The number of hydrogen-bond acceptors (Lipinski definition) is 6. The van der Waals surface area contributed by atoms with Crippen molar-refractivity contribution >= 4 is 11.8 Å². The van der Waals surface area contributed by atoms with Crippen molar-refractivity contribution in [2.75, 3.05) is 37.8 Å². The van der Waals surface area contributed by atoms with Crippen molar-refractivity contribution in [1.29, 1.82) is 0 Å². The van der Waals surface area contributed by atoms with Crippen molar-refractivity contribution < 1.29 is 0 Å². The van der Waals surface area contributed by atoms with E-state index in [2.05, 4.69) is 30.5 Å². The van der Waals surface area contributed by atoms with E-state index in [0.29, 0.717) is 12.5 Å². The molecule has 0 spiro atoms. The zero-order chi connectivity index (χ0) is 15.1. The molecular weight excluding hydrogens is 264 g/mol. The number of aromatic nitrogens is 3. The fourth-order valence-corrected chi connectivity index (χ4v) is 1.81. The van der Waals surface area contributed by atoms with E-state index in [1.807, 2.05) is 45.3 Å². The second kappa shape index (κ2) is 7.54. The van der Waals surface area contributed by atoms with Crippen molar-refractivity contribution in [3.05, 3.63) is 41.9 Å². The maximum absolute atomic E-state index is 4.47. The van der Waals surface area contributed by atoms with E-state index in [9.17, 15) is 0 Å². The van der Waals surface area contributed by atoms with Crippen LogP contribution in [0.3, 0.4) is 0 Å². The first-order valence-electron chi connectivity index (χ1n) is 7.01. The molecule has 0 unspecified atom stereocenters. The number of pyridine rings is 1. The number of anilines is 2. The molecule has 0 aliphatic carbocycles. The van der Waals surface area contributed by atoms with E-state index in [-0.39, 0.29) is 0 Å². The van der Waals surface area contributed by atoms with Gasteiger partial charge in [-0.2, -0.15) is 4.98 Å². The Morgan fingerprint density at radius 1 is 1.14 bits per heavy atom. The van der Waals surface area contributed by atoms with E-state index in [1.165, 1.54) is 0 Å². The minimum absolute atomic E-state index is 0.647. The Labute approximate surface area is 125 Å². The van der Waals surface area contributed by atoms with Crippen LogP contribution < -0.4 is 10.6 Å². The molecule has 0 bridgehead atoms. The molecule has 6 heteroatoms. The molecule has 0 amide bonds. The molecule has 0 saturated heterocycles. The highest BCUT2D eigenvalue weighted by atomic mass is 15.2. The molecule has 0 atom stereocenters. The zero-order valence-electron chi connectivity index (χ0n) is 12.8. The van der Waals surface area contributed by atoms with E-state index >= 15 is 0 Å². The van der Waals surface area contributed by atoms with E-state index in [1.54, 1.807) is 6.20 Å². The maximum Gasteiger partial charge on any atom is 0.224 e. The lowest BCUT2D eigenvalue weighted by atomic mass is 10.3. The van der Waals surface area contributed by atoms with Gasteiger partial charge < -0.3 is 15.5 Å². The second-order valence-electron chi connectivity index (χ2n) is 5.12. The van der Waals surface area contributed by atoms with Crippen molar-refractivity contribution in [3.8, 4) is 0 Å². The smallest absolute Gasteiger partial charge is 0.224 e. The molecule has 0 saturated carbocycles. The van der Waals surface area contributed by atoms with Crippen molar-refractivity contribution in [3.63, 3.8) is 0 Å². The molecule has 21 heavy (non-hydrogen) atoms. The van der Waals surface area contributed by atoms with Crippen LogP contribution in [0.15, 0.2) is 30.5 Å². The fourth-order valence-electron chi connectivity index (χ4n) is 1.81. The van der Waals surface area contributed by atoms with Gasteiger partial charge in [0, 0.05) is 31.0 Å². The Balaban J connectivity index is 1.94. The zero-order valence-corrected chi connectivity index (χ0v) is 12.8. The fraction of sp³-hybridized carbons (Fsp3) is 0.400. The molecule has 0 aliphatic rings. The summed E-state index contributed by atoms with van der Waals surface area (Å²) in [6, 6.07) is 7.80. The number of nitrogens with zero attached hydrogens (tertiary/aromatic N) is 4. The Hall–Kier alpha value is -2.21. The van der Waals surface area contributed by atoms with Gasteiger partial charge >= 0.3 is 0 Å². The molecule has 0 radical (unpaired) electrons. The Bertz CT molecular complexity index is 555. The van der Waals surface area contributed by atoms with Gasteiger partial charge in [-0.1, -0.05) is 6.07 Å². The number of hydrogen-bond donors (Lipinski definition) is 2. The van der Waals surface area contributed by atoms with Gasteiger partial charge in [0.2, 0.25) is 5.95 Å². The van der Waals surface area contributed by atoms with Crippen LogP contribution in [-0.2, 0) is 6.54 Å². The van der Waals surface area contributed by atoms with Gasteiger partial charge in [0.1, 0.15) is 5.82 Å². The summed E-state index contributed by atoms with van der Waals surface area (Å²) < 4.78 is 0. The van der Waals surface area contributed by atoms with Crippen molar-refractivity contribution in [1.82, 2.24) is 19.9 Å². The molecule has 6 nitrogen and oxygen atoms in total. The van der Waals surface area contributed by atoms with Gasteiger partial charge in [0.25, 0.3) is 0 Å². The predicted molar refractivity (Wildman–Crippen MR) is 85.4 cm³/mol. The van der Waals surface area contributed by atoms with E-state index in [4.69, 9.17) is 0 Å². The Morgan fingerprint density at radius 2 is 2.00 bits per heavy atom. The van der Waals surface area contributed by atoms with Crippen molar-refractivity contribution in [2.24, 2.45) is 0 Å². The SMILES string of the molecule is Cc1cc(NCc2ccccn2)nc(NCCN(C)C)n1. The van der Waals surface area contributed by atoms with Gasteiger partial charge in [-0.3, -0.25) is 4.98 Å². The number of nitrogens with one attached hydrogen (secondary N) is 2. The van der Waals surface area contributed by atoms with Crippen LogP contribution >= 0.6 is 0 Å². The molecule has 112 valence electrons. The average Bonchev–Trinajstić information content (AvgIpc) is 2.45. The molecule has 0 aliphatic heterocycles. The molecular formula is C15H22N6. The second-order valence-corrected chi connectivity index (χ2v) is 5.12. The highest BCUT2D eigenvalue weighted by Gasteiger charge is 2.02. The molecule has 2 N–H and O–H groups in total. The van der Waals surface area contributed by atoms with Crippen molar-refractivity contribution in [2.45, 2.75) is 13.5 Å². The first-order valence-corrected chi connectivity index (χ1v) is 7.01. The average molecular weight is 286 g/mol. The molecule has 0 fully saturated rings. The van der Waals surface area contributed by atoms with Crippen LogP contribution in [0, 0.1) is 6.92 Å². The van der Waals surface area contributed by atoms with Crippen LogP contribution in [0.25, 0.3) is 0 Å². The number of likely N-dealkylation sites (N-methyl/N-ethyl adjacent to an activating group) is 1. The lowest BCUT2D eigenvalue weighted by Crippen LogP contribution is -2.21. The summed E-state index contributed by atoms with van der Waals surface area (Å²) in [7, 11) is 4.08. The largest absolute Gasteiger partial charge is 0.364 e. The van der Waals surface area contributed by atoms with Gasteiger partial charge in [-0.25, -0.2) is 4.98 Å². The summed E-state index contributed by atoms with van der Waals surface area (Å²) in [5, 5.41) is 6.51. The first kappa shape index (κ1) is 15.2.